The number of nitrogens with zero attached hydrogens (tertiary/aromatic N) is 6. The molecule has 3 aliphatic rings. The lowest BCUT2D eigenvalue weighted by Crippen LogP contribution is -2.52. The molecule has 1 N–H and O–H groups in total. The van der Waals surface area contributed by atoms with E-state index in [9.17, 15) is 4.79 Å². The van der Waals surface area contributed by atoms with Gasteiger partial charge in [-0.1, -0.05) is 30.9 Å². The van der Waals surface area contributed by atoms with Gasteiger partial charge in [0.2, 0.25) is 0 Å². The molecule has 0 bridgehead atoms. The minimum absolute atomic E-state index is 0.0385. The van der Waals surface area contributed by atoms with Crippen molar-refractivity contribution in [3.05, 3.63) is 51.6 Å². The fraction of sp³-hybridized carbons (Fsp3) is 0.600. The Kier molecular flexibility index (Phi) is 5.50. The predicted molar refractivity (Wildman–Crippen MR) is 127 cm³/mol. The van der Waals surface area contributed by atoms with E-state index < -0.39 is 0 Å². The summed E-state index contributed by atoms with van der Waals surface area (Å²) in [5.74, 6) is 0.825. The number of rotatable bonds is 4. The van der Waals surface area contributed by atoms with Crippen molar-refractivity contribution in [1.29, 1.82) is 0 Å². The zero-order chi connectivity index (χ0) is 22.4. The molecule has 8 nitrogen and oxygen atoms in total. The van der Waals surface area contributed by atoms with Crippen molar-refractivity contribution >= 4 is 10.9 Å². The molecule has 2 aliphatic heterocycles. The second-order valence-electron chi connectivity index (χ2n) is 10.1. The Bertz CT molecular complexity index is 1190. The summed E-state index contributed by atoms with van der Waals surface area (Å²) in [7, 11) is 0. The van der Waals surface area contributed by atoms with Gasteiger partial charge in [-0.25, -0.2) is 4.68 Å². The second kappa shape index (κ2) is 8.65. The second-order valence-corrected chi connectivity index (χ2v) is 10.1. The Morgan fingerprint density at radius 1 is 1.00 bits per heavy atom. The first-order valence-corrected chi connectivity index (χ1v) is 12.6. The van der Waals surface area contributed by atoms with Crippen molar-refractivity contribution in [2.24, 2.45) is 0 Å². The number of aryl methyl sites for hydroxylation is 1. The van der Waals surface area contributed by atoms with E-state index >= 15 is 0 Å². The highest BCUT2D eigenvalue weighted by molar-refractivity contribution is 5.79. The van der Waals surface area contributed by atoms with Gasteiger partial charge in [0.1, 0.15) is 6.04 Å². The van der Waals surface area contributed by atoms with Crippen molar-refractivity contribution in [2.75, 3.05) is 26.2 Å². The molecule has 0 unspecified atom stereocenters. The lowest BCUT2D eigenvalue weighted by atomic mass is 9.94. The smallest absolute Gasteiger partial charge is 0.253 e. The van der Waals surface area contributed by atoms with Gasteiger partial charge in [0, 0.05) is 36.8 Å². The number of benzene rings is 1. The number of aromatic amines is 1. The molecular weight excluding hydrogens is 414 g/mol. The molecule has 4 heterocycles. The molecule has 2 saturated heterocycles. The maximum atomic E-state index is 13.4. The molecule has 3 aromatic rings. The van der Waals surface area contributed by atoms with E-state index in [0.29, 0.717) is 12.1 Å². The highest BCUT2D eigenvalue weighted by Gasteiger charge is 2.38. The normalized spacial score (nSPS) is 23.7. The fourth-order valence-electron chi connectivity index (χ4n) is 6.26. The van der Waals surface area contributed by atoms with E-state index in [4.69, 9.17) is 0 Å². The molecule has 174 valence electrons. The molecule has 0 amide bonds. The van der Waals surface area contributed by atoms with Gasteiger partial charge in [-0.3, -0.25) is 14.6 Å². The predicted octanol–water partition coefficient (Wildman–Crippen LogP) is 3.20. The summed E-state index contributed by atoms with van der Waals surface area (Å²) in [6.45, 7) is 6.19. The molecule has 2 aromatic heterocycles. The monoisotopic (exact) mass is 447 g/mol. The molecule has 0 radical (unpaired) electrons. The van der Waals surface area contributed by atoms with Crippen LogP contribution in [0.15, 0.2) is 29.1 Å². The van der Waals surface area contributed by atoms with E-state index in [1.807, 2.05) is 16.8 Å². The number of nitrogens with one attached hydrogen (secondary N) is 1. The Balaban J connectivity index is 1.46. The molecule has 6 rings (SSSR count). The number of H-pyrrole nitrogens is 1. The quantitative estimate of drug-likeness (QED) is 0.661. The SMILES string of the molecule is Cc1ccc2[nH]c(=O)c([C@@H](c3nnnn3C3CCCCC3)N3CCN4CCC[C@@H]4C3)cc2c1. The Morgan fingerprint density at radius 3 is 2.73 bits per heavy atom. The first-order valence-electron chi connectivity index (χ1n) is 12.6. The van der Waals surface area contributed by atoms with Crippen LogP contribution in [0.1, 0.15) is 74.0 Å². The fourth-order valence-corrected chi connectivity index (χ4v) is 6.26. The third-order valence-electron chi connectivity index (χ3n) is 7.99. The van der Waals surface area contributed by atoms with Crippen LogP contribution >= 0.6 is 0 Å². The largest absolute Gasteiger partial charge is 0.322 e. The van der Waals surface area contributed by atoms with Crippen LogP contribution in [0.2, 0.25) is 0 Å². The van der Waals surface area contributed by atoms with Crippen molar-refractivity contribution in [1.82, 2.24) is 35.0 Å². The molecular formula is C25H33N7O. The van der Waals surface area contributed by atoms with E-state index in [1.54, 1.807) is 0 Å². The molecule has 8 heteroatoms. The molecule has 1 aromatic carbocycles. The first kappa shape index (κ1) is 21.0. The number of pyridine rings is 1. The van der Waals surface area contributed by atoms with E-state index in [0.717, 1.165) is 54.8 Å². The van der Waals surface area contributed by atoms with Gasteiger partial charge in [0.15, 0.2) is 5.82 Å². The Morgan fingerprint density at radius 2 is 1.85 bits per heavy atom. The average molecular weight is 448 g/mol. The molecule has 0 spiro atoms. The van der Waals surface area contributed by atoms with E-state index in [1.165, 1.54) is 44.2 Å². The standard InChI is InChI=1S/C25H33N7O/c1-17-9-10-22-18(14-17)15-21(25(33)26-22)23(31-13-12-30-11-5-8-20(30)16-31)24-27-28-29-32(24)19-6-3-2-4-7-19/h9-10,14-15,19-20,23H,2-8,11-13,16H2,1H3,(H,26,33)/t20-,23+/m1/s1. The van der Waals surface area contributed by atoms with Gasteiger partial charge in [-0.05, 0) is 73.2 Å². The van der Waals surface area contributed by atoms with Crippen LogP contribution in [0.5, 0.6) is 0 Å². The van der Waals surface area contributed by atoms with Crippen LogP contribution in [-0.2, 0) is 0 Å². The highest BCUT2D eigenvalue weighted by Crippen LogP contribution is 2.35. The van der Waals surface area contributed by atoms with Gasteiger partial charge in [0.25, 0.3) is 5.56 Å². The van der Waals surface area contributed by atoms with Crippen LogP contribution in [0.3, 0.4) is 0 Å². The van der Waals surface area contributed by atoms with Gasteiger partial charge in [0.05, 0.1) is 6.04 Å². The molecule has 1 aliphatic carbocycles. The summed E-state index contributed by atoms with van der Waals surface area (Å²) in [5.41, 5.74) is 2.78. The van der Waals surface area contributed by atoms with Gasteiger partial charge in [-0.15, -0.1) is 5.10 Å². The minimum Gasteiger partial charge on any atom is -0.322 e. The van der Waals surface area contributed by atoms with Crippen LogP contribution in [-0.4, -0.2) is 67.2 Å². The number of hydrogen-bond acceptors (Lipinski definition) is 6. The van der Waals surface area contributed by atoms with Crippen LogP contribution in [0.25, 0.3) is 10.9 Å². The van der Waals surface area contributed by atoms with Gasteiger partial charge >= 0.3 is 0 Å². The third kappa shape index (κ3) is 3.89. The number of piperazine rings is 1. The van der Waals surface area contributed by atoms with Crippen LogP contribution in [0.4, 0.5) is 0 Å². The minimum atomic E-state index is -0.238. The van der Waals surface area contributed by atoms with Crippen molar-refractivity contribution < 1.29 is 0 Å². The van der Waals surface area contributed by atoms with E-state index in [-0.39, 0.29) is 11.6 Å². The summed E-state index contributed by atoms with van der Waals surface area (Å²) in [6.07, 6.45) is 8.41. The molecule has 1 saturated carbocycles. The summed E-state index contributed by atoms with van der Waals surface area (Å²) in [6, 6.07) is 8.89. The molecule has 33 heavy (non-hydrogen) atoms. The zero-order valence-corrected chi connectivity index (χ0v) is 19.4. The van der Waals surface area contributed by atoms with Crippen molar-refractivity contribution in [3.63, 3.8) is 0 Å². The number of hydrogen-bond donors (Lipinski definition) is 1. The van der Waals surface area contributed by atoms with Crippen molar-refractivity contribution in [2.45, 2.75) is 70.0 Å². The summed E-state index contributed by atoms with van der Waals surface area (Å²) < 4.78 is 2.05. The van der Waals surface area contributed by atoms with Gasteiger partial charge < -0.3 is 4.98 Å². The number of fused-ring (bicyclic) bond motifs is 2. The Labute approximate surface area is 194 Å². The number of tetrazole rings is 1. The third-order valence-corrected chi connectivity index (χ3v) is 7.99. The van der Waals surface area contributed by atoms with Crippen molar-refractivity contribution in [3.8, 4) is 0 Å². The van der Waals surface area contributed by atoms with Gasteiger partial charge in [-0.2, -0.15) is 0 Å². The van der Waals surface area contributed by atoms with Crippen LogP contribution in [0, 0.1) is 6.92 Å². The molecule has 3 fully saturated rings. The first-order chi connectivity index (χ1) is 16.2. The topological polar surface area (TPSA) is 82.9 Å². The maximum absolute atomic E-state index is 13.4. The zero-order valence-electron chi connectivity index (χ0n) is 19.4. The lowest BCUT2D eigenvalue weighted by Gasteiger charge is -2.41. The summed E-state index contributed by atoms with van der Waals surface area (Å²) in [5, 5.41) is 14.2. The summed E-state index contributed by atoms with van der Waals surface area (Å²) in [4.78, 5) is 21.6. The maximum Gasteiger partial charge on any atom is 0.253 e. The highest BCUT2D eigenvalue weighted by atomic mass is 16.1. The Hall–Kier alpha value is -2.58. The number of aromatic nitrogens is 5. The lowest BCUT2D eigenvalue weighted by molar-refractivity contribution is 0.0778. The van der Waals surface area contributed by atoms with Crippen LogP contribution < -0.4 is 5.56 Å². The average Bonchev–Trinajstić information content (AvgIpc) is 3.50. The molecule has 2 atom stereocenters. The van der Waals surface area contributed by atoms with E-state index in [2.05, 4.69) is 49.4 Å². The summed E-state index contributed by atoms with van der Waals surface area (Å²) >= 11 is 0.